The Hall–Kier alpha value is -3.35. The van der Waals surface area contributed by atoms with Gasteiger partial charge in [0.25, 0.3) is 0 Å². The van der Waals surface area contributed by atoms with Gasteiger partial charge in [-0.2, -0.15) is 18.7 Å². The van der Waals surface area contributed by atoms with E-state index in [4.69, 9.17) is 0 Å². The molecule has 3 nitrogen and oxygen atoms in total. The van der Waals surface area contributed by atoms with Crippen LogP contribution in [0.4, 0.5) is 17.6 Å². The van der Waals surface area contributed by atoms with E-state index in [1.54, 1.807) is 36.5 Å². The molecule has 0 bridgehead atoms. The van der Waals surface area contributed by atoms with Crippen molar-refractivity contribution in [3.63, 3.8) is 0 Å². The number of hydrogen-bond donors (Lipinski definition) is 0. The molecule has 0 aliphatic heterocycles. The van der Waals surface area contributed by atoms with Gasteiger partial charge in [-0.05, 0) is 33.5 Å². The largest absolute Gasteiger partial charge is 3.00 e. The molecule has 0 amide bonds. The fraction of sp³-hybridized carbons (Fsp3) is 0.143. The van der Waals surface area contributed by atoms with Crippen LogP contribution in [-0.2, 0) is 31.7 Å². The molecule has 1 aliphatic carbocycles. The summed E-state index contributed by atoms with van der Waals surface area (Å²) in [5, 5.41) is 8.78. The van der Waals surface area contributed by atoms with Crippen molar-refractivity contribution < 1.29 is 37.7 Å². The van der Waals surface area contributed by atoms with Crippen molar-refractivity contribution >= 4 is 10.8 Å². The van der Waals surface area contributed by atoms with Crippen molar-refractivity contribution in [2.24, 2.45) is 0 Å². The van der Waals surface area contributed by atoms with Gasteiger partial charge < -0.3 is 15.2 Å². The molecular weight excluding hydrogens is 647 g/mol. The number of fused-ring (bicyclic) bond motifs is 2. The molecular formula is C28H18F4IrN3. The van der Waals surface area contributed by atoms with Gasteiger partial charge in [0.15, 0.2) is 0 Å². The molecule has 1 aliphatic rings. The average Bonchev–Trinajstić information content (AvgIpc) is 3.35. The van der Waals surface area contributed by atoms with Gasteiger partial charge in [0.1, 0.15) is 5.69 Å². The Morgan fingerprint density at radius 1 is 0.944 bits per heavy atom. The molecule has 6 rings (SSSR count). The Kier molecular flexibility index (Phi) is 6.86. The van der Waals surface area contributed by atoms with Crippen molar-refractivity contribution in [3.05, 3.63) is 108 Å². The van der Waals surface area contributed by atoms with E-state index in [-0.39, 0.29) is 37.0 Å². The van der Waals surface area contributed by atoms with Crippen molar-refractivity contribution in [1.29, 1.82) is 0 Å². The van der Waals surface area contributed by atoms with E-state index in [0.29, 0.717) is 11.1 Å². The van der Waals surface area contributed by atoms with Crippen LogP contribution in [0.3, 0.4) is 0 Å². The summed E-state index contributed by atoms with van der Waals surface area (Å²) in [5.74, 6) is -0.183. The number of hydrogen-bond acceptors (Lipinski definition) is 2. The van der Waals surface area contributed by atoms with Gasteiger partial charge in [-0.3, -0.25) is 0 Å². The molecule has 2 aromatic heterocycles. The molecule has 0 N–H and O–H groups in total. The van der Waals surface area contributed by atoms with Crippen LogP contribution >= 0.6 is 0 Å². The molecule has 182 valence electrons. The molecule has 0 saturated heterocycles. The van der Waals surface area contributed by atoms with E-state index in [1.165, 1.54) is 6.07 Å². The Bertz CT molecular complexity index is 1520. The summed E-state index contributed by atoms with van der Waals surface area (Å²) in [5.41, 5.74) is 2.78. The zero-order valence-electron chi connectivity index (χ0n) is 19.1. The number of pyridine rings is 1. The number of alkyl halides is 3. The van der Waals surface area contributed by atoms with E-state index < -0.39 is 11.9 Å². The SMILES string of the molecule is CC1(C)c2c([c-]ccc2F)-c2nccc3cccc1c23.FC(F)(F)c1cc(-c2[c-]cccc2)[n-]n1.[Ir+3]. The van der Waals surface area contributed by atoms with Crippen LogP contribution in [0.25, 0.3) is 33.3 Å². The number of nitrogens with zero attached hydrogens (tertiary/aromatic N) is 3. The fourth-order valence-electron chi connectivity index (χ4n) is 4.46. The van der Waals surface area contributed by atoms with Gasteiger partial charge in [-0.1, -0.05) is 43.7 Å². The van der Waals surface area contributed by atoms with Crippen LogP contribution in [0.2, 0.25) is 0 Å². The Labute approximate surface area is 219 Å². The first-order valence-corrected chi connectivity index (χ1v) is 10.8. The zero-order valence-corrected chi connectivity index (χ0v) is 21.5. The van der Waals surface area contributed by atoms with Crippen LogP contribution in [0.1, 0.15) is 30.7 Å². The van der Waals surface area contributed by atoms with Crippen LogP contribution in [0, 0.1) is 17.9 Å². The van der Waals surface area contributed by atoms with Crippen LogP contribution in [-0.4, -0.2) is 10.1 Å². The number of benzene rings is 3. The first kappa shape index (κ1) is 25.7. The molecule has 0 atom stereocenters. The number of halogens is 4. The summed E-state index contributed by atoms with van der Waals surface area (Å²) in [7, 11) is 0. The first-order valence-electron chi connectivity index (χ1n) is 10.8. The third-order valence-electron chi connectivity index (χ3n) is 6.09. The summed E-state index contributed by atoms with van der Waals surface area (Å²) < 4.78 is 51.0. The fourth-order valence-corrected chi connectivity index (χ4v) is 4.46. The van der Waals surface area contributed by atoms with Crippen molar-refractivity contribution in [1.82, 2.24) is 15.2 Å². The van der Waals surface area contributed by atoms with Crippen LogP contribution in [0.15, 0.2) is 72.9 Å². The predicted octanol–water partition coefficient (Wildman–Crippen LogP) is 7.00. The van der Waals surface area contributed by atoms with E-state index in [9.17, 15) is 17.6 Å². The average molecular weight is 665 g/mol. The van der Waals surface area contributed by atoms with Crippen molar-refractivity contribution in [3.8, 4) is 22.5 Å². The maximum Gasteiger partial charge on any atom is 3.00 e. The maximum absolute atomic E-state index is 14.4. The summed E-state index contributed by atoms with van der Waals surface area (Å²) in [6.45, 7) is 4.13. The topological polar surface area (TPSA) is 39.9 Å². The Morgan fingerprint density at radius 2 is 1.75 bits per heavy atom. The van der Waals surface area contributed by atoms with E-state index in [0.717, 1.165) is 33.7 Å². The molecule has 36 heavy (non-hydrogen) atoms. The molecule has 0 radical (unpaired) electrons. The minimum absolute atomic E-state index is 0. The van der Waals surface area contributed by atoms with Crippen molar-refractivity contribution in [2.45, 2.75) is 25.4 Å². The summed E-state index contributed by atoms with van der Waals surface area (Å²) in [4.78, 5) is 4.49. The van der Waals surface area contributed by atoms with E-state index in [1.807, 2.05) is 12.1 Å². The second kappa shape index (κ2) is 9.60. The quantitative estimate of drug-likeness (QED) is 0.143. The molecule has 0 spiro atoms. The number of rotatable bonds is 1. The molecule has 0 fully saturated rings. The summed E-state index contributed by atoms with van der Waals surface area (Å²) in [6.07, 6.45) is -2.66. The van der Waals surface area contributed by atoms with Gasteiger partial charge >= 0.3 is 26.3 Å². The molecule has 2 heterocycles. The normalized spacial score (nSPS) is 13.3. The summed E-state index contributed by atoms with van der Waals surface area (Å²) in [6, 6.07) is 24.8. The first-order chi connectivity index (χ1) is 16.7. The van der Waals surface area contributed by atoms with E-state index >= 15 is 0 Å². The maximum atomic E-state index is 14.4. The van der Waals surface area contributed by atoms with Crippen LogP contribution in [0.5, 0.6) is 0 Å². The zero-order chi connectivity index (χ0) is 24.8. The van der Waals surface area contributed by atoms with Gasteiger partial charge in [-0.25, -0.2) is 10.1 Å². The predicted molar refractivity (Wildman–Crippen MR) is 125 cm³/mol. The summed E-state index contributed by atoms with van der Waals surface area (Å²) >= 11 is 0. The molecule has 0 unspecified atom stereocenters. The second-order valence-corrected chi connectivity index (χ2v) is 8.65. The standard InChI is InChI=1S/C18H13FN.C10H5F3N2.Ir/c1-18(2)13-7-3-5-11-9-10-20-17(15(11)13)12-6-4-8-14(19)16(12)18;11-10(12,13)9-6-8(14-15-9)7-4-2-1-3-5-7;/h3-5,7-10H,1-2H3;1-4,6H;/q-1;-2;+3. The van der Waals surface area contributed by atoms with Gasteiger partial charge in [0.05, 0.1) is 0 Å². The molecule has 3 aromatic carbocycles. The minimum atomic E-state index is -4.44. The van der Waals surface area contributed by atoms with Crippen molar-refractivity contribution in [2.75, 3.05) is 0 Å². The minimum Gasteiger partial charge on any atom is -0.618 e. The Balaban J connectivity index is 0.000000172. The number of aromatic nitrogens is 3. The van der Waals surface area contributed by atoms with E-state index in [2.05, 4.69) is 53.3 Å². The molecule has 8 heteroatoms. The Morgan fingerprint density at radius 3 is 2.44 bits per heavy atom. The third-order valence-corrected chi connectivity index (χ3v) is 6.09. The van der Waals surface area contributed by atoms with Crippen LogP contribution < -0.4 is 5.10 Å². The van der Waals surface area contributed by atoms with Gasteiger partial charge in [-0.15, -0.1) is 54.1 Å². The van der Waals surface area contributed by atoms with Gasteiger partial charge in [0, 0.05) is 12.0 Å². The second-order valence-electron chi connectivity index (χ2n) is 8.65. The van der Waals surface area contributed by atoms with Gasteiger partial charge in [0.2, 0.25) is 0 Å². The molecule has 5 aromatic rings. The monoisotopic (exact) mass is 665 g/mol. The third kappa shape index (κ3) is 4.47. The molecule has 0 saturated carbocycles. The smallest absolute Gasteiger partial charge is 0.618 e.